The minimum absolute atomic E-state index is 0.0564. The van der Waals surface area contributed by atoms with Crippen molar-refractivity contribution in [1.82, 2.24) is 10.3 Å². The number of hydrogen-bond acceptors (Lipinski definition) is 4. The summed E-state index contributed by atoms with van der Waals surface area (Å²) < 4.78 is 13.0. The largest absolute Gasteiger partial charge is 0.377 e. The Morgan fingerprint density at radius 2 is 1.94 bits per heavy atom. The van der Waals surface area contributed by atoms with Crippen molar-refractivity contribution >= 4 is 10.8 Å². The smallest absolute Gasteiger partial charge is 0.0974 e. The lowest BCUT2D eigenvalue weighted by Crippen LogP contribution is -2.63. The van der Waals surface area contributed by atoms with Crippen LogP contribution in [-0.2, 0) is 9.47 Å². The predicted molar refractivity (Wildman–Crippen MR) is 142 cm³/mol. The third-order valence-corrected chi connectivity index (χ3v) is 11.1. The van der Waals surface area contributed by atoms with Crippen LogP contribution in [0.1, 0.15) is 76.7 Å². The molecule has 1 aromatic heterocycles. The van der Waals surface area contributed by atoms with E-state index in [1.165, 1.54) is 54.0 Å². The molecule has 3 aliphatic carbocycles. The maximum absolute atomic E-state index is 7.49. The first-order valence-electron chi connectivity index (χ1n) is 14.2. The summed E-state index contributed by atoms with van der Waals surface area (Å²) in [6, 6.07) is 9.74. The minimum atomic E-state index is -0.0883. The van der Waals surface area contributed by atoms with E-state index in [1.54, 1.807) is 5.57 Å². The van der Waals surface area contributed by atoms with E-state index in [2.05, 4.69) is 60.6 Å². The highest BCUT2D eigenvalue weighted by Gasteiger charge is 2.66. The zero-order chi connectivity index (χ0) is 24.2. The zero-order valence-corrected chi connectivity index (χ0v) is 21.7. The third kappa shape index (κ3) is 2.90. The zero-order valence-electron chi connectivity index (χ0n) is 21.7. The second-order valence-corrected chi connectivity index (χ2v) is 13.3. The Kier molecular flexibility index (Phi) is 4.47. The lowest BCUT2D eigenvalue weighted by atomic mass is 9.58. The van der Waals surface area contributed by atoms with Crippen LogP contribution in [0.15, 0.2) is 60.0 Å². The molecule has 4 fully saturated rings. The van der Waals surface area contributed by atoms with Gasteiger partial charge in [-0.2, -0.15) is 0 Å². The molecular weight excluding hydrogens is 444 g/mol. The molecule has 2 saturated carbocycles. The van der Waals surface area contributed by atoms with Gasteiger partial charge < -0.3 is 14.8 Å². The molecule has 6 atom stereocenters. The Labute approximate surface area is 214 Å². The molecule has 1 unspecified atom stereocenters. The second-order valence-electron chi connectivity index (χ2n) is 13.3. The molecule has 2 spiro atoms. The summed E-state index contributed by atoms with van der Waals surface area (Å²) in [7, 11) is 0. The van der Waals surface area contributed by atoms with Crippen molar-refractivity contribution in [2.45, 2.75) is 93.9 Å². The molecule has 0 radical (unpaired) electrons. The average Bonchev–Trinajstić information content (AvgIpc) is 3.38. The van der Waals surface area contributed by atoms with Crippen molar-refractivity contribution < 1.29 is 9.47 Å². The van der Waals surface area contributed by atoms with Crippen molar-refractivity contribution in [1.29, 1.82) is 0 Å². The molecule has 8 rings (SSSR count). The van der Waals surface area contributed by atoms with Gasteiger partial charge in [0.15, 0.2) is 0 Å². The minimum Gasteiger partial charge on any atom is -0.377 e. The summed E-state index contributed by atoms with van der Waals surface area (Å²) in [5.74, 6) is 1.16. The normalized spacial score (nSPS) is 42.1. The van der Waals surface area contributed by atoms with Crippen LogP contribution in [0.2, 0.25) is 0 Å². The molecule has 2 saturated heterocycles. The number of nitrogens with one attached hydrogen (secondary N) is 1. The molecule has 36 heavy (non-hydrogen) atoms. The number of nitrogens with zero attached hydrogens (tertiary/aromatic N) is 1. The summed E-state index contributed by atoms with van der Waals surface area (Å²) in [4.78, 5) is 4.39. The van der Waals surface area contributed by atoms with Gasteiger partial charge in [0.05, 0.1) is 30.0 Å². The summed E-state index contributed by atoms with van der Waals surface area (Å²) in [6.45, 7) is 6.56. The Morgan fingerprint density at radius 1 is 1.03 bits per heavy atom. The highest BCUT2D eigenvalue weighted by molar-refractivity contribution is 5.82. The highest BCUT2D eigenvalue weighted by atomic mass is 16.5. The monoisotopic (exact) mass is 482 g/mol. The lowest BCUT2D eigenvalue weighted by Gasteiger charge is -2.55. The molecule has 1 N–H and O–H groups in total. The average molecular weight is 483 g/mol. The summed E-state index contributed by atoms with van der Waals surface area (Å²) >= 11 is 0. The Bertz CT molecular complexity index is 1310. The molecule has 1 aromatic carbocycles. The lowest BCUT2D eigenvalue weighted by molar-refractivity contribution is -0.140. The van der Waals surface area contributed by atoms with E-state index in [1.807, 2.05) is 12.4 Å². The Hall–Kier alpha value is -2.01. The summed E-state index contributed by atoms with van der Waals surface area (Å²) in [6.07, 6.45) is 18.6. The van der Waals surface area contributed by atoms with E-state index < -0.39 is 0 Å². The molecular formula is C32H38N2O2. The number of pyridine rings is 1. The number of allylic oxidation sites excluding steroid dienone is 1. The molecule has 188 valence electrons. The van der Waals surface area contributed by atoms with Crippen molar-refractivity contribution in [3.63, 3.8) is 0 Å². The SMILES string of the molecule is CC1(N[C@H]2CCC3=CC4=CC[C@]5(C)[C@@H](c6ccc7ccncc7c6)CC[C@H]5C45CC[C@]3(C2)O5)COC1. The van der Waals surface area contributed by atoms with E-state index >= 15 is 0 Å². The maximum Gasteiger partial charge on any atom is 0.0974 e. The molecule has 4 nitrogen and oxygen atoms in total. The molecule has 0 amide bonds. The summed E-state index contributed by atoms with van der Waals surface area (Å²) in [5, 5.41) is 6.50. The van der Waals surface area contributed by atoms with Crippen molar-refractivity contribution in [2.24, 2.45) is 11.3 Å². The van der Waals surface area contributed by atoms with Gasteiger partial charge in [0.2, 0.25) is 0 Å². The van der Waals surface area contributed by atoms with E-state index in [4.69, 9.17) is 9.47 Å². The standard InChI is InChI=1S/C32H38N2O2/c1-29(19-35-20-29)34-26-6-5-24-16-25-9-11-30(2)27(22-4-3-21-10-14-33-18-23(21)15-22)7-8-28(30)32(25)13-12-31(24,17-26)36-32/h3-4,9-10,14-16,18,26-28,34H,5-8,11-13,17,19-20H2,1-2H3/t26-,27+,28+,30+,31+,32?/m0/s1. The molecule has 2 bridgehead atoms. The van der Waals surface area contributed by atoms with Gasteiger partial charge in [-0.25, -0.2) is 0 Å². The second kappa shape index (κ2) is 7.30. The van der Waals surface area contributed by atoms with Crippen LogP contribution in [0.5, 0.6) is 0 Å². The van der Waals surface area contributed by atoms with Crippen LogP contribution in [0.4, 0.5) is 0 Å². The van der Waals surface area contributed by atoms with Gasteiger partial charge >= 0.3 is 0 Å². The Morgan fingerprint density at radius 3 is 2.81 bits per heavy atom. The van der Waals surface area contributed by atoms with Crippen LogP contribution in [0.25, 0.3) is 10.8 Å². The number of ether oxygens (including phenoxy) is 2. The fraction of sp³-hybridized carbons (Fsp3) is 0.594. The first-order chi connectivity index (χ1) is 17.4. The fourth-order valence-corrected chi connectivity index (χ4v) is 9.38. The van der Waals surface area contributed by atoms with E-state index in [-0.39, 0.29) is 22.2 Å². The third-order valence-electron chi connectivity index (χ3n) is 11.1. The van der Waals surface area contributed by atoms with Crippen molar-refractivity contribution in [2.75, 3.05) is 13.2 Å². The van der Waals surface area contributed by atoms with Crippen LogP contribution >= 0.6 is 0 Å². The number of fused-ring (bicyclic) bond motifs is 2. The van der Waals surface area contributed by atoms with Gasteiger partial charge in [0.25, 0.3) is 0 Å². The predicted octanol–water partition coefficient (Wildman–Crippen LogP) is 6.22. The molecule has 2 aromatic rings. The quantitative estimate of drug-likeness (QED) is 0.564. The Balaban J connectivity index is 1.13. The highest BCUT2D eigenvalue weighted by Crippen LogP contribution is 2.69. The molecule has 4 heteroatoms. The van der Waals surface area contributed by atoms with Crippen LogP contribution in [0.3, 0.4) is 0 Å². The number of benzene rings is 1. The topological polar surface area (TPSA) is 43.4 Å². The molecule has 6 aliphatic rings. The van der Waals surface area contributed by atoms with E-state index in [0.717, 1.165) is 32.5 Å². The molecule has 4 heterocycles. The van der Waals surface area contributed by atoms with Crippen LogP contribution in [0, 0.1) is 11.3 Å². The van der Waals surface area contributed by atoms with Gasteiger partial charge in [-0.3, -0.25) is 4.98 Å². The van der Waals surface area contributed by atoms with Gasteiger partial charge in [-0.1, -0.05) is 31.2 Å². The molecule has 3 aliphatic heterocycles. The van der Waals surface area contributed by atoms with Crippen molar-refractivity contribution in [3.8, 4) is 0 Å². The van der Waals surface area contributed by atoms with Gasteiger partial charge in [-0.15, -0.1) is 0 Å². The number of rotatable bonds is 3. The summed E-state index contributed by atoms with van der Waals surface area (Å²) in [5.41, 5.74) is 4.83. The van der Waals surface area contributed by atoms with E-state index in [9.17, 15) is 0 Å². The number of aromatic nitrogens is 1. The van der Waals surface area contributed by atoms with Crippen molar-refractivity contribution in [3.05, 3.63) is 65.5 Å². The van der Waals surface area contributed by atoms with Gasteiger partial charge in [-0.05, 0) is 110 Å². The van der Waals surface area contributed by atoms with Gasteiger partial charge in [0.1, 0.15) is 0 Å². The maximum atomic E-state index is 7.49. The van der Waals surface area contributed by atoms with Crippen LogP contribution in [-0.4, -0.2) is 41.0 Å². The fourth-order valence-electron chi connectivity index (χ4n) is 9.38. The number of hydrogen-bond donors (Lipinski definition) is 1. The van der Waals surface area contributed by atoms with E-state index in [0.29, 0.717) is 17.9 Å². The first-order valence-corrected chi connectivity index (χ1v) is 14.2. The first kappa shape index (κ1) is 22.0. The van der Waals surface area contributed by atoms with Gasteiger partial charge in [0, 0.05) is 23.8 Å². The van der Waals surface area contributed by atoms with Crippen LogP contribution < -0.4 is 5.32 Å².